The van der Waals surface area contributed by atoms with Crippen LogP contribution >= 0.6 is 12.4 Å². The van der Waals surface area contributed by atoms with Crippen LogP contribution in [0.1, 0.15) is 13.8 Å². The molecule has 0 amide bonds. The molecule has 0 N–H and O–H groups in total. The second-order valence-electron chi connectivity index (χ2n) is 0.577. The van der Waals surface area contributed by atoms with Crippen molar-refractivity contribution in [2.75, 3.05) is 0 Å². The van der Waals surface area contributed by atoms with Crippen molar-refractivity contribution >= 4 is 12.4 Å². The van der Waals surface area contributed by atoms with E-state index in [9.17, 15) is 0 Å². The van der Waals surface area contributed by atoms with Crippen molar-refractivity contribution in [3.05, 3.63) is 6.42 Å². The van der Waals surface area contributed by atoms with Gasteiger partial charge in [0.1, 0.15) is 0 Å². The quantitative estimate of drug-likeness (QED) is 0.253. The Bertz CT molecular complexity index is 6.85. The van der Waals surface area contributed by atoms with E-state index in [0.29, 0.717) is 0 Å². The van der Waals surface area contributed by atoms with Gasteiger partial charge in [0.05, 0.1) is 0 Å². The summed E-state index contributed by atoms with van der Waals surface area (Å²) < 4.78 is 0. The topological polar surface area (TPSA) is 0 Å². The molecule has 0 fully saturated rings. The minimum atomic E-state index is 0. The molecule has 0 atom stereocenters. The second-order valence-corrected chi connectivity index (χ2v) is 0.577. The zero-order valence-electron chi connectivity index (χ0n) is 3.99. The molecule has 0 bridgehead atoms. The molecule has 2 heteroatoms. The van der Waals surface area contributed by atoms with E-state index in [-0.39, 0.29) is 31.3 Å². The van der Waals surface area contributed by atoms with Gasteiger partial charge in [-0.25, -0.2) is 0 Å². The average Bonchev–Trinajstić information content (AvgIpc) is 0.918. The predicted octanol–water partition coefficient (Wildman–Crippen LogP) is -1.34. The fourth-order valence-electron chi connectivity index (χ4n) is 0. The van der Waals surface area contributed by atoms with Crippen LogP contribution in [0.15, 0.2) is 0 Å². The molecule has 0 nitrogen and oxygen atoms in total. The van der Waals surface area contributed by atoms with Crippen molar-refractivity contribution < 1.29 is 18.9 Å². The molecule has 0 aromatic carbocycles. The van der Waals surface area contributed by atoms with Crippen molar-refractivity contribution in [2.24, 2.45) is 0 Å². The Morgan fingerprint density at radius 2 is 1.20 bits per heavy atom. The summed E-state index contributed by atoms with van der Waals surface area (Å²) in [6, 6.07) is 0. The smallest absolute Gasteiger partial charge is 0.335 e. The molecule has 0 unspecified atom stereocenters. The van der Waals surface area contributed by atoms with E-state index in [2.05, 4.69) is 0 Å². The van der Waals surface area contributed by atoms with E-state index < -0.39 is 0 Å². The van der Waals surface area contributed by atoms with Gasteiger partial charge in [-0.3, -0.25) is 0 Å². The van der Waals surface area contributed by atoms with Gasteiger partial charge in [-0.15, -0.1) is 12.4 Å². The van der Waals surface area contributed by atoms with Crippen molar-refractivity contribution in [3.8, 4) is 0 Å². The van der Waals surface area contributed by atoms with E-state index in [1.807, 2.05) is 20.3 Å². The van der Waals surface area contributed by atoms with Gasteiger partial charge in [0.2, 0.25) is 0 Å². The third kappa shape index (κ3) is 51.7. The van der Waals surface area contributed by atoms with Crippen molar-refractivity contribution in [1.29, 1.82) is 0 Å². The van der Waals surface area contributed by atoms with Gasteiger partial charge >= 0.3 is 18.9 Å². The molecule has 28 valence electrons. The summed E-state index contributed by atoms with van der Waals surface area (Å²) in [4.78, 5) is 0. The largest absolute Gasteiger partial charge is 1.00 e. The van der Waals surface area contributed by atoms with Gasteiger partial charge in [0.25, 0.3) is 0 Å². The summed E-state index contributed by atoms with van der Waals surface area (Å²) >= 11 is 0. The zero-order valence-corrected chi connectivity index (χ0v) is 4.80. The molecule has 0 spiro atoms. The Balaban J connectivity index is -0.0000000200. The van der Waals surface area contributed by atoms with Gasteiger partial charge < -0.3 is 6.42 Å². The molecule has 0 aliphatic carbocycles. The maximum Gasteiger partial charge on any atom is 1.00 e. The summed E-state index contributed by atoms with van der Waals surface area (Å²) in [7, 11) is 0. The Labute approximate surface area is 51.9 Å². The van der Waals surface area contributed by atoms with Crippen LogP contribution < -0.4 is 18.9 Å². The van der Waals surface area contributed by atoms with Crippen LogP contribution in [0.4, 0.5) is 0 Å². The third-order valence-electron chi connectivity index (χ3n) is 0. The summed E-state index contributed by atoms with van der Waals surface area (Å²) in [5.41, 5.74) is 0. The molecule has 5 heavy (non-hydrogen) atoms. The van der Waals surface area contributed by atoms with Crippen LogP contribution in [-0.4, -0.2) is 0 Å². The molecular formula is C3H8ClLi. The van der Waals surface area contributed by atoms with Crippen LogP contribution in [0, 0.1) is 6.42 Å². The second kappa shape index (κ2) is 20.7. The first-order valence-electron chi connectivity index (χ1n) is 1.15. The summed E-state index contributed by atoms with van der Waals surface area (Å²) in [6.45, 7) is 4.00. The maximum atomic E-state index is 2.00. The van der Waals surface area contributed by atoms with Gasteiger partial charge in [-0.1, -0.05) is 0 Å². The molecule has 0 aromatic rings. The van der Waals surface area contributed by atoms with E-state index in [1.165, 1.54) is 0 Å². The van der Waals surface area contributed by atoms with Crippen LogP contribution in [-0.2, 0) is 0 Å². The molecule has 0 rings (SSSR count). The van der Waals surface area contributed by atoms with Crippen LogP contribution in [0.5, 0.6) is 0 Å². The maximum absolute atomic E-state index is 2.00. The Kier molecular flexibility index (Phi) is 69.9. The van der Waals surface area contributed by atoms with E-state index >= 15 is 0 Å². The first kappa shape index (κ1) is 16.9. The third-order valence-corrected chi connectivity index (χ3v) is 0. The first-order valence-corrected chi connectivity index (χ1v) is 1.15. The van der Waals surface area contributed by atoms with E-state index in [4.69, 9.17) is 0 Å². The number of hydrogen-bond acceptors (Lipinski definition) is 0. The predicted molar refractivity (Wildman–Crippen MR) is 22.9 cm³/mol. The molecular weight excluding hydrogens is 78.4 g/mol. The normalized spacial score (nSPS) is 3.60. The van der Waals surface area contributed by atoms with Gasteiger partial charge in [0.15, 0.2) is 0 Å². The monoisotopic (exact) mass is 86.0 g/mol. The minimum absolute atomic E-state index is 0. The molecule has 0 heterocycles. The van der Waals surface area contributed by atoms with E-state index in [0.717, 1.165) is 0 Å². The minimum Gasteiger partial charge on any atom is -0.335 e. The van der Waals surface area contributed by atoms with Crippen LogP contribution in [0.25, 0.3) is 0 Å². The number of hydrogen-bond donors (Lipinski definition) is 0. The average molecular weight is 86.5 g/mol. The van der Waals surface area contributed by atoms with E-state index in [1.54, 1.807) is 0 Å². The fourth-order valence-corrected chi connectivity index (χ4v) is 0. The standard InChI is InChI=1S/C3H7.ClH.Li/c1-3-2;;/h3H,1-2H3;1H;/q-1;;+1. The fraction of sp³-hybridized carbons (Fsp3) is 0.667. The Morgan fingerprint density at radius 1 is 1.20 bits per heavy atom. The van der Waals surface area contributed by atoms with Crippen molar-refractivity contribution in [2.45, 2.75) is 13.8 Å². The summed E-state index contributed by atoms with van der Waals surface area (Å²) in [5, 5.41) is 0. The van der Waals surface area contributed by atoms with Gasteiger partial charge in [0, 0.05) is 0 Å². The van der Waals surface area contributed by atoms with Crippen LogP contribution in [0.2, 0.25) is 0 Å². The summed E-state index contributed by atoms with van der Waals surface area (Å²) in [5.74, 6) is 0. The first-order chi connectivity index (χ1) is 1.41. The SMILES string of the molecule is C[CH-]C.Cl.[Li+]. The molecule has 0 aliphatic heterocycles. The van der Waals surface area contributed by atoms with Gasteiger partial charge in [-0.05, 0) is 0 Å². The molecule has 0 radical (unpaired) electrons. The van der Waals surface area contributed by atoms with Crippen molar-refractivity contribution in [3.63, 3.8) is 0 Å². The number of rotatable bonds is 0. The molecule has 0 saturated heterocycles. The number of halogens is 1. The summed E-state index contributed by atoms with van der Waals surface area (Å²) in [6.07, 6.45) is 2.00. The Morgan fingerprint density at radius 3 is 1.20 bits per heavy atom. The molecule has 0 aliphatic rings. The van der Waals surface area contributed by atoms with Gasteiger partial charge in [-0.2, -0.15) is 13.8 Å². The van der Waals surface area contributed by atoms with Crippen molar-refractivity contribution in [1.82, 2.24) is 0 Å². The molecule has 0 aromatic heterocycles. The zero-order chi connectivity index (χ0) is 2.71. The molecule has 0 saturated carbocycles. The Hall–Kier alpha value is 0.887. The van der Waals surface area contributed by atoms with Crippen LogP contribution in [0.3, 0.4) is 0 Å².